The number of nitrogens with zero attached hydrogens (tertiary/aromatic N) is 3. The lowest BCUT2D eigenvalue weighted by atomic mass is 9.93. The number of benzene rings is 1. The molecular formula is C26H36N4O2. The van der Waals surface area contributed by atoms with Crippen molar-refractivity contribution in [2.75, 3.05) is 31.6 Å². The molecule has 0 aliphatic carbocycles. The number of carbonyl (C=O) groups is 2. The predicted molar refractivity (Wildman–Crippen MR) is 128 cm³/mol. The van der Waals surface area contributed by atoms with Gasteiger partial charge in [0.1, 0.15) is 6.04 Å². The van der Waals surface area contributed by atoms with Gasteiger partial charge in [-0.1, -0.05) is 44.2 Å². The van der Waals surface area contributed by atoms with E-state index < -0.39 is 6.04 Å². The van der Waals surface area contributed by atoms with E-state index >= 15 is 0 Å². The number of amides is 2. The average Bonchev–Trinajstić information content (AvgIpc) is 2.81. The molecule has 1 aliphatic rings. The Morgan fingerprint density at radius 2 is 1.75 bits per heavy atom. The summed E-state index contributed by atoms with van der Waals surface area (Å²) in [5, 5.41) is 2.97. The van der Waals surface area contributed by atoms with Gasteiger partial charge in [0.15, 0.2) is 0 Å². The Labute approximate surface area is 192 Å². The summed E-state index contributed by atoms with van der Waals surface area (Å²) < 4.78 is 0. The Balaban J connectivity index is 1.53. The monoisotopic (exact) mass is 436 g/mol. The first-order valence-corrected chi connectivity index (χ1v) is 11.7. The minimum absolute atomic E-state index is 0.0532. The summed E-state index contributed by atoms with van der Waals surface area (Å²) in [7, 11) is 1.85. The summed E-state index contributed by atoms with van der Waals surface area (Å²) in [5.41, 5.74) is 2.06. The molecular weight excluding hydrogens is 400 g/mol. The summed E-state index contributed by atoms with van der Waals surface area (Å²) in [4.78, 5) is 34.0. The largest absolute Gasteiger partial charge is 0.371 e. The van der Waals surface area contributed by atoms with E-state index in [4.69, 9.17) is 0 Å². The molecule has 0 radical (unpaired) electrons. The van der Waals surface area contributed by atoms with Crippen LogP contribution in [0.2, 0.25) is 0 Å². The molecule has 1 aromatic carbocycles. The quantitative estimate of drug-likeness (QED) is 0.644. The maximum atomic E-state index is 13.3. The van der Waals surface area contributed by atoms with Crippen LogP contribution in [-0.4, -0.2) is 48.4 Å². The topological polar surface area (TPSA) is 65.5 Å². The highest BCUT2D eigenvalue weighted by Crippen LogP contribution is 2.25. The van der Waals surface area contributed by atoms with Gasteiger partial charge in [-0.3, -0.25) is 14.6 Å². The third-order valence-electron chi connectivity index (χ3n) is 6.17. The summed E-state index contributed by atoms with van der Waals surface area (Å²) >= 11 is 0. The fourth-order valence-electron chi connectivity index (χ4n) is 4.27. The zero-order chi connectivity index (χ0) is 22.9. The molecule has 0 saturated carbocycles. The van der Waals surface area contributed by atoms with Crippen molar-refractivity contribution in [1.82, 2.24) is 15.2 Å². The van der Waals surface area contributed by atoms with Crippen LogP contribution in [0.5, 0.6) is 0 Å². The Bertz CT molecular complexity index is 849. The van der Waals surface area contributed by atoms with E-state index in [9.17, 15) is 9.59 Å². The highest BCUT2D eigenvalue weighted by molar-refractivity contribution is 5.88. The predicted octanol–water partition coefficient (Wildman–Crippen LogP) is 4.05. The SMILES string of the molecule is CC(C)CC(=O)NC(C(=O)N(C)CCC1CCN(c2ccncc2)CC1)c1ccccc1. The molecule has 1 saturated heterocycles. The Morgan fingerprint density at radius 3 is 2.38 bits per heavy atom. The molecule has 6 heteroatoms. The van der Waals surface area contributed by atoms with Crippen LogP contribution in [0, 0.1) is 11.8 Å². The first kappa shape index (κ1) is 23.8. The number of pyridine rings is 1. The molecule has 0 bridgehead atoms. The van der Waals surface area contributed by atoms with E-state index in [0.29, 0.717) is 18.9 Å². The van der Waals surface area contributed by atoms with Crippen molar-refractivity contribution in [3.8, 4) is 0 Å². The highest BCUT2D eigenvalue weighted by Gasteiger charge is 2.27. The van der Waals surface area contributed by atoms with E-state index in [1.165, 1.54) is 5.69 Å². The molecule has 1 aromatic heterocycles. The van der Waals surface area contributed by atoms with Crippen molar-refractivity contribution in [1.29, 1.82) is 0 Å². The number of piperidine rings is 1. The average molecular weight is 437 g/mol. The van der Waals surface area contributed by atoms with Gasteiger partial charge in [0.05, 0.1) is 0 Å². The number of rotatable bonds is 9. The van der Waals surface area contributed by atoms with Crippen LogP contribution >= 0.6 is 0 Å². The third-order valence-corrected chi connectivity index (χ3v) is 6.17. The van der Waals surface area contributed by atoms with Crippen molar-refractivity contribution in [3.63, 3.8) is 0 Å². The van der Waals surface area contributed by atoms with E-state index in [0.717, 1.165) is 37.9 Å². The number of anilines is 1. The summed E-state index contributed by atoms with van der Waals surface area (Å²) in [6, 6.07) is 13.0. The van der Waals surface area contributed by atoms with Crippen LogP contribution < -0.4 is 10.2 Å². The zero-order valence-electron chi connectivity index (χ0n) is 19.5. The molecule has 1 atom stereocenters. The van der Waals surface area contributed by atoms with E-state index in [1.807, 2.05) is 63.6 Å². The second kappa shape index (κ2) is 11.7. The second-order valence-corrected chi connectivity index (χ2v) is 9.19. The van der Waals surface area contributed by atoms with E-state index in [1.54, 1.807) is 4.90 Å². The third kappa shape index (κ3) is 6.81. The van der Waals surface area contributed by atoms with Crippen LogP contribution in [0.4, 0.5) is 5.69 Å². The van der Waals surface area contributed by atoms with Gasteiger partial charge in [-0.15, -0.1) is 0 Å². The standard InChI is InChI=1S/C26H36N4O2/c1-20(2)19-24(31)28-25(22-7-5-4-6-8-22)26(32)29(3)16-11-21-12-17-30(18-13-21)23-9-14-27-15-10-23/h4-10,14-15,20-21,25H,11-13,16-19H2,1-3H3,(H,28,31). The van der Waals surface area contributed by atoms with E-state index in [-0.39, 0.29) is 17.7 Å². The van der Waals surface area contributed by atoms with Gasteiger partial charge in [-0.25, -0.2) is 0 Å². The summed E-state index contributed by atoms with van der Waals surface area (Å²) in [6.45, 7) is 6.77. The fraction of sp³-hybridized carbons (Fsp3) is 0.500. The molecule has 1 aliphatic heterocycles. The van der Waals surface area contributed by atoms with Gasteiger partial charge in [0, 0.05) is 51.2 Å². The minimum atomic E-state index is -0.638. The number of likely N-dealkylation sites (N-methyl/N-ethyl adjacent to an activating group) is 1. The second-order valence-electron chi connectivity index (χ2n) is 9.19. The number of carbonyl (C=O) groups excluding carboxylic acids is 2. The van der Waals surface area contributed by atoms with Gasteiger partial charge in [-0.2, -0.15) is 0 Å². The molecule has 1 unspecified atom stereocenters. The van der Waals surface area contributed by atoms with Crippen molar-refractivity contribution >= 4 is 17.5 Å². The molecule has 2 aromatic rings. The van der Waals surface area contributed by atoms with Crippen LogP contribution in [0.3, 0.4) is 0 Å². The Morgan fingerprint density at radius 1 is 1.09 bits per heavy atom. The number of hydrogen-bond donors (Lipinski definition) is 1. The number of hydrogen-bond acceptors (Lipinski definition) is 4. The molecule has 6 nitrogen and oxygen atoms in total. The molecule has 1 fully saturated rings. The highest BCUT2D eigenvalue weighted by atomic mass is 16.2. The zero-order valence-corrected chi connectivity index (χ0v) is 19.5. The Kier molecular flexibility index (Phi) is 8.65. The lowest BCUT2D eigenvalue weighted by Crippen LogP contribution is -2.42. The van der Waals surface area contributed by atoms with Crippen LogP contribution in [0.15, 0.2) is 54.9 Å². The first-order valence-electron chi connectivity index (χ1n) is 11.7. The van der Waals surface area contributed by atoms with Crippen molar-refractivity contribution in [2.45, 2.75) is 45.6 Å². The molecule has 2 amide bonds. The lowest BCUT2D eigenvalue weighted by Gasteiger charge is -2.34. The molecule has 3 rings (SSSR count). The first-order chi connectivity index (χ1) is 15.4. The molecule has 0 spiro atoms. The van der Waals surface area contributed by atoms with Crippen molar-refractivity contribution in [3.05, 3.63) is 60.4 Å². The maximum absolute atomic E-state index is 13.3. The lowest BCUT2D eigenvalue weighted by molar-refractivity contribution is -0.136. The molecule has 1 N–H and O–H groups in total. The van der Waals surface area contributed by atoms with Gasteiger partial charge < -0.3 is 15.1 Å². The number of nitrogens with one attached hydrogen (secondary N) is 1. The van der Waals surface area contributed by atoms with Gasteiger partial charge in [0.25, 0.3) is 0 Å². The molecule has 32 heavy (non-hydrogen) atoms. The van der Waals surface area contributed by atoms with Gasteiger partial charge in [0.2, 0.25) is 11.8 Å². The van der Waals surface area contributed by atoms with Gasteiger partial charge in [-0.05, 0) is 48.8 Å². The molecule has 172 valence electrons. The summed E-state index contributed by atoms with van der Waals surface area (Å²) in [6.07, 6.45) is 7.32. The van der Waals surface area contributed by atoms with Crippen LogP contribution in [0.1, 0.15) is 51.1 Å². The molecule has 2 heterocycles. The normalized spacial score (nSPS) is 15.4. The Hall–Kier alpha value is -2.89. The van der Waals surface area contributed by atoms with Gasteiger partial charge >= 0.3 is 0 Å². The number of aromatic nitrogens is 1. The van der Waals surface area contributed by atoms with Crippen molar-refractivity contribution in [2.24, 2.45) is 11.8 Å². The van der Waals surface area contributed by atoms with Crippen LogP contribution in [0.25, 0.3) is 0 Å². The van der Waals surface area contributed by atoms with Crippen LogP contribution in [-0.2, 0) is 9.59 Å². The smallest absolute Gasteiger partial charge is 0.249 e. The van der Waals surface area contributed by atoms with E-state index in [2.05, 4.69) is 27.3 Å². The van der Waals surface area contributed by atoms with Crippen molar-refractivity contribution < 1.29 is 9.59 Å². The minimum Gasteiger partial charge on any atom is -0.371 e. The fourth-order valence-corrected chi connectivity index (χ4v) is 4.27. The summed E-state index contributed by atoms with van der Waals surface area (Å²) in [5.74, 6) is 0.716. The maximum Gasteiger partial charge on any atom is 0.249 e.